The molecule has 29 heavy (non-hydrogen) atoms. The summed E-state index contributed by atoms with van der Waals surface area (Å²) < 4.78 is 0. The minimum Gasteiger partial charge on any atom is -0.368 e. The van der Waals surface area contributed by atoms with Gasteiger partial charge in [0.05, 0.1) is 5.56 Å². The van der Waals surface area contributed by atoms with Crippen molar-refractivity contribution < 1.29 is 4.79 Å². The third kappa shape index (κ3) is 4.43. The molecule has 1 saturated heterocycles. The van der Waals surface area contributed by atoms with E-state index >= 15 is 0 Å². The van der Waals surface area contributed by atoms with Crippen molar-refractivity contribution in [3.05, 3.63) is 77.7 Å². The summed E-state index contributed by atoms with van der Waals surface area (Å²) in [5.41, 5.74) is 4.33. The van der Waals surface area contributed by atoms with Crippen LogP contribution in [0.3, 0.4) is 0 Å². The zero-order chi connectivity index (χ0) is 20.2. The number of amides is 1. The molecule has 1 aliphatic rings. The van der Waals surface area contributed by atoms with E-state index in [1.807, 2.05) is 29.2 Å². The molecule has 5 nitrogen and oxygen atoms in total. The standard InChI is InChI=1S/C23H24N4OS/c1-17-5-6-20(16-18(17)2)29-22-21(4-3-9-25-22)23(28)27-14-12-26(13-15-27)19-7-10-24-11-8-19/h3-11,16H,12-15H2,1-2H3. The molecule has 0 aliphatic carbocycles. The lowest BCUT2D eigenvalue weighted by Crippen LogP contribution is -2.48. The first-order chi connectivity index (χ1) is 14.1. The van der Waals surface area contributed by atoms with Gasteiger partial charge in [0, 0.05) is 55.4 Å². The van der Waals surface area contributed by atoms with Gasteiger partial charge in [-0.1, -0.05) is 17.8 Å². The highest BCUT2D eigenvalue weighted by Crippen LogP contribution is 2.30. The van der Waals surface area contributed by atoms with Crippen LogP contribution in [-0.2, 0) is 0 Å². The molecule has 3 aromatic rings. The quantitative estimate of drug-likeness (QED) is 0.652. The van der Waals surface area contributed by atoms with E-state index < -0.39 is 0 Å². The van der Waals surface area contributed by atoms with E-state index in [1.165, 1.54) is 11.1 Å². The highest BCUT2D eigenvalue weighted by Gasteiger charge is 2.24. The van der Waals surface area contributed by atoms with E-state index in [0.717, 1.165) is 28.7 Å². The molecule has 6 heteroatoms. The van der Waals surface area contributed by atoms with Crippen LogP contribution in [0, 0.1) is 13.8 Å². The Labute approximate surface area is 175 Å². The van der Waals surface area contributed by atoms with Crippen LogP contribution >= 0.6 is 11.8 Å². The van der Waals surface area contributed by atoms with Gasteiger partial charge in [-0.05, 0) is 61.4 Å². The number of piperazine rings is 1. The lowest BCUT2D eigenvalue weighted by Gasteiger charge is -2.36. The van der Waals surface area contributed by atoms with Crippen LogP contribution in [0.1, 0.15) is 21.5 Å². The number of hydrogen-bond donors (Lipinski definition) is 0. The van der Waals surface area contributed by atoms with Gasteiger partial charge in [0.2, 0.25) is 0 Å². The maximum Gasteiger partial charge on any atom is 0.256 e. The number of aryl methyl sites for hydroxylation is 2. The van der Waals surface area contributed by atoms with Crippen molar-refractivity contribution in [2.45, 2.75) is 23.8 Å². The molecule has 1 aromatic carbocycles. The maximum absolute atomic E-state index is 13.2. The molecule has 148 valence electrons. The Morgan fingerprint density at radius 1 is 0.931 bits per heavy atom. The van der Waals surface area contributed by atoms with Crippen molar-refractivity contribution >= 4 is 23.4 Å². The Morgan fingerprint density at radius 2 is 1.69 bits per heavy atom. The highest BCUT2D eigenvalue weighted by atomic mass is 32.2. The van der Waals surface area contributed by atoms with Gasteiger partial charge < -0.3 is 9.80 Å². The number of rotatable bonds is 4. The van der Waals surface area contributed by atoms with Gasteiger partial charge in [0.25, 0.3) is 5.91 Å². The SMILES string of the molecule is Cc1ccc(Sc2ncccc2C(=O)N2CCN(c3ccncc3)CC2)cc1C. The summed E-state index contributed by atoms with van der Waals surface area (Å²) in [5, 5.41) is 0.761. The van der Waals surface area contributed by atoms with E-state index in [9.17, 15) is 4.79 Å². The molecule has 0 spiro atoms. The van der Waals surface area contributed by atoms with Crippen molar-refractivity contribution in [1.29, 1.82) is 0 Å². The second-order valence-electron chi connectivity index (χ2n) is 7.19. The molecule has 1 fully saturated rings. The second kappa shape index (κ2) is 8.66. The van der Waals surface area contributed by atoms with Crippen LogP contribution in [-0.4, -0.2) is 47.0 Å². The summed E-state index contributed by atoms with van der Waals surface area (Å²) in [7, 11) is 0. The van der Waals surface area contributed by atoms with E-state index in [1.54, 1.807) is 30.4 Å². The van der Waals surface area contributed by atoms with Gasteiger partial charge >= 0.3 is 0 Å². The Bertz CT molecular complexity index is 1000. The number of carbonyl (C=O) groups is 1. The van der Waals surface area contributed by atoms with Gasteiger partial charge in [-0.2, -0.15) is 0 Å². The summed E-state index contributed by atoms with van der Waals surface area (Å²) in [4.78, 5) is 27.1. The first-order valence-electron chi connectivity index (χ1n) is 9.76. The summed E-state index contributed by atoms with van der Waals surface area (Å²) in [5.74, 6) is 0.0545. The van der Waals surface area contributed by atoms with Crippen molar-refractivity contribution in [3.8, 4) is 0 Å². The lowest BCUT2D eigenvalue weighted by molar-refractivity contribution is 0.0742. The van der Waals surface area contributed by atoms with Gasteiger partial charge in [-0.15, -0.1) is 0 Å². The molecule has 0 saturated carbocycles. The predicted molar refractivity (Wildman–Crippen MR) is 117 cm³/mol. The van der Waals surface area contributed by atoms with Gasteiger partial charge in [-0.25, -0.2) is 4.98 Å². The molecular weight excluding hydrogens is 380 g/mol. The molecule has 0 bridgehead atoms. The summed E-state index contributed by atoms with van der Waals surface area (Å²) in [6, 6.07) is 14.1. The fourth-order valence-electron chi connectivity index (χ4n) is 3.42. The fraction of sp³-hybridized carbons (Fsp3) is 0.261. The van der Waals surface area contributed by atoms with Gasteiger partial charge in [0.15, 0.2) is 0 Å². The normalized spacial score (nSPS) is 14.1. The van der Waals surface area contributed by atoms with Crippen molar-refractivity contribution in [3.63, 3.8) is 0 Å². The zero-order valence-electron chi connectivity index (χ0n) is 16.7. The summed E-state index contributed by atoms with van der Waals surface area (Å²) >= 11 is 1.55. The van der Waals surface area contributed by atoms with Gasteiger partial charge in [-0.3, -0.25) is 9.78 Å². The average molecular weight is 405 g/mol. The molecule has 2 aromatic heterocycles. The van der Waals surface area contributed by atoms with Crippen molar-refractivity contribution in [1.82, 2.24) is 14.9 Å². The number of carbonyl (C=O) groups excluding carboxylic acids is 1. The van der Waals surface area contributed by atoms with Gasteiger partial charge in [0.1, 0.15) is 5.03 Å². The molecule has 3 heterocycles. The summed E-state index contributed by atoms with van der Waals surface area (Å²) in [6.07, 6.45) is 5.36. The molecule has 0 radical (unpaired) electrons. The average Bonchev–Trinajstić information content (AvgIpc) is 2.77. The highest BCUT2D eigenvalue weighted by molar-refractivity contribution is 7.99. The number of pyridine rings is 2. The lowest BCUT2D eigenvalue weighted by atomic mass is 10.1. The first-order valence-corrected chi connectivity index (χ1v) is 10.6. The van der Waals surface area contributed by atoms with Crippen LogP contribution in [0.5, 0.6) is 0 Å². The zero-order valence-corrected chi connectivity index (χ0v) is 17.5. The number of benzene rings is 1. The number of aromatic nitrogens is 2. The van der Waals surface area contributed by atoms with Crippen LogP contribution in [0.25, 0.3) is 0 Å². The summed E-state index contributed by atoms with van der Waals surface area (Å²) in [6.45, 7) is 7.23. The molecule has 0 N–H and O–H groups in total. The Kier molecular flexibility index (Phi) is 5.81. The first kappa shape index (κ1) is 19.5. The van der Waals surface area contributed by atoms with Crippen molar-refractivity contribution in [2.24, 2.45) is 0 Å². The van der Waals surface area contributed by atoms with Crippen LogP contribution in [0.15, 0.2) is 71.0 Å². The monoisotopic (exact) mass is 404 g/mol. The molecule has 4 rings (SSSR count). The van der Waals surface area contributed by atoms with E-state index in [2.05, 4.69) is 46.9 Å². The van der Waals surface area contributed by atoms with Crippen LogP contribution < -0.4 is 4.90 Å². The minimum absolute atomic E-state index is 0.0545. The number of nitrogens with zero attached hydrogens (tertiary/aromatic N) is 4. The largest absolute Gasteiger partial charge is 0.368 e. The molecular formula is C23H24N4OS. The predicted octanol–water partition coefficient (Wildman–Crippen LogP) is 4.21. The van der Waals surface area contributed by atoms with Crippen LogP contribution in [0.2, 0.25) is 0 Å². The number of hydrogen-bond acceptors (Lipinski definition) is 5. The number of anilines is 1. The third-order valence-electron chi connectivity index (χ3n) is 5.29. The Morgan fingerprint density at radius 3 is 2.41 bits per heavy atom. The molecule has 1 amide bonds. The third-order valence-corrected chi connectivity index (χ3v) is 6.30. The second-order valence-corrected chi connectivity index (χ2v) is 8.25. The van der Waals surface area contributed by atoms with Crippen LogP contribution in [0.4, 0.5) is 5.69 Å². The van der Waals surface area contributed by atoms with E-state index in [4.69, 9.17) is 0 Å². The molecule has 0 atom stereocenters. The fourth-order valence-corrected chi connectivity index (χ4v) is 4.39. The molecule has 0 unspecified atom stereocenters. The van der Waals surface area contributed by atoms with Crippen molar-refractivity contribution in [2.75, 3.05) is 31.1 Å². The van der Waals surface area contributed by atoms with E-state index in [0.29, 0.717) is 18.7 Å². The maximum atomic E-state index is 13.2. The smallest absolute Gasteiger partial charge is 0.256 e. The Hall–Kier alpha value is -2.86. The molecule has 1 aliphatic heterocycles. The topological polar surface area (TPSA) is 49.3 Å². The Balaban J connectivity index is 1.47. The van der Waals surface area contributed by atoms with E-state index in [-0.39, 0.29) is 5.91 Å². The minimum atomic E-state index is 0.0545.